The van der Waals surface area contributed by atoms with Gasteiger partial charge in [0.25, 0.3) is 5.82 Å². The zero-order valence-corrected chi connectivity index (χ0v) is 15.7. The highest BCUT2D eigenvalue weighted by Crippen LogP contribution is 2.45. The van der Waals surface area contributed by atoms with Crippen LogP contribution in [0.15, 0.2) is 47.9 Å². The van der Waals surface area contributed by atoms with Gasteiger partial charge in [-0.3, -0.25) is 0 Å². The van der Waals surface area contributed by atoms with Crippen LogP contribution in [0.25, 0.3) is 4.91 Å². The van der Waals surface area contributed by atoms with Crippen LogP contribution in [0.1, 0.15) is 19.4 Å². The molecule has 24 heavy (non-hydrogen) atoms. The Morgan fingerprint density at radius 2 is 1.71 bits per heavy atom. The van der Waals surface area contributed by atoms with Crippen LogP contribution < -0.4 is 24.0 Å². The second kappa shape index (κ2) is 7.92. The Labute approximate surface area is 151 Å². The van der Waals surface area contributed by atoms with E-state index in [0.29, 0.717) is 4.71 Å². The van der Waals surface area contributed by atoms with Crippen LogP contribution in [0.2, 0.25) is 0 Å². The normalized spacial score (nSPS) is 20.1. The van der Waals surface area contributed by atoms with Gasteiger partial charge in [-0.1, -0.05) is 42.1 Å². The van der Waals surface area contributed by atoms with Gasteiger partial charge < -0.3 is 0 Å². The molecule has 0 aliphatic carbocycles. The molecular formula is C15H17ClN2O4S2. The quantitative estimate of drug-likeness (QED) is 0.643. The molecule has 1 N–H and O–H groups in total. The molecule has 2 aliphatic rings. The molecule has 2 aliphatic heterocycles. The average molecular weight is 389 g/mol. The Kier molecular flexibility index (Phi) is 6.38. The molecule has 0 bridgehead atoms. The topological polar surface area (TPSA) is 107 Å². The van der Waals surface area contributed by atoms with E-state index in [2.05, 4.69) is 66.4 Å². The molecule has 9 heteroatoms. The molecule has 0 spiro atoms. The number of halogens is 1. The Morgan fingerprint density at radius 1 is 1.12 bits per heavy atom. The number of fused-ring (bicyclic) bond motifs is 1. The SMILES string of the molecule is CSC1SC(c2ccccc2)=C2NC(C)=CC(C)=[N+]21.[O-][Cl+3]([O-])([O-])[O-]. The van der Waals surface area contributed by atoms with Crippen molar-refractivity contribution in [3.63, 3.8) is 0 Å². The van der Waals surface area contributed by atoms with Crippen LogP contribution in [0.5, 0.6) is 0 Å². The van der Waals surface area contributed by atoms with E-state index < -0.39 is 10.2 Å². The first-order valence-electron chi connectivity index (χ1n) is 6.89. The number of allylic oxidation sites excluding steroid dienone is 2. The van der Waals surface area contributed by atoms with Crippen molar-refractivity contribution in [3.8, 4) is 0 Å². The number of nitrogens with one attached hydrogen (secondary N) is 1. The van der Waals surface area contributed by atoms with Gasteiger partial charge >= 0.3 is 0 Å². The van der Waals surface area contributed by atoms with Gasteiger partial charge in [-0.15, -0.1) is 22.0 Å². The van der Waals surface area contributed by atoms with E-state index in [1.807, 2.05) is 23.5 Å². The van der Waals surface area contributed by atoms with Gasteiger partial charge in [0, 0.05) is 6.08 Å². The maximum atomic E-state index is 8.49. The standard InChI is InChI=1S/C15H16N2S2.ClHO4/c1-10-9-11(2)17-14(16-10)13(19-15(17)18-3)12-7-5-4-6-8-12;2-1(3,4)5/h4-9,15H,1-3H3;(H,2,3,4,5). The molecule has 3 rings (SSSR count). The lowest BCUT2D eigenvalue weighted by atomic mass is 10.2. The van der Waals surface area contributed by atoms with Gasteiger partial charge in [0.2, 0.25) is 0 Å². The third-order valence-corrected chi connectivity index (χ3v) is 5.80. The summed E-state index contributed by atoms with van der Waals surface area (Å²) in [6.45, 7) is 4.30. The van der Waals surface area contributed by atoms with Crippen molar-refractivity contribution in [2.75, 3.05) is 6.26 Å². The molecule has 0 amide bonds. The largest absolute Gasteiger partial charge is 0.295 e. The Bertz CT molecular complexity index is 693. The zero-order valence-electron chi connectivity index (χ0n) is 13.3. The predicted octanol–water partition coefficient (Wildman–Crippen LogP) is -1.07. The number of thioether (sulfide) groups is 2. The van der Waals surface area contributed by atoms with E-state index in [1.54, 1.807) is 0 Å². The number of hydrogen-bond acceptors (Lipinski definition) is 7. The lowest BCUT2D eigenvalue weighted by Crippen LogP contribution is -2.68. The molecule has 130 valence electrons. The van der Waals surface area contributed by atoms with Crippen molar-refractivity contribution in [3.05, 3.63) is 53.5 Å². The molecule has 1 unspecified atom stereocenters. The molecule has 0 radical (unpaired) electrons. The number of benzene rings is 1. The van der Waals surface area contributed by atoms with E-state index in [4.69, 9.17) is 18.6 Å². The molecule has 1 aromatic rings. The lowest BCUT2D eigenvalue weighted by molar-refractivity contribution is -2.00. The minimum Gasteiger partial charge on any atom is -0.244 e. The van der Waals surface area contributed by atoms with Gasteiger partial charge in [-0.25, -0.2) is 28.5 Å². The zero-order chi connectivity index (χ0) is 17.9. The summed E-state index contributed by atoms with van der Waals surface area (Å²) in [5.41, 5.74) is 3.81. The van der Waals surface area contributed by atoms with Crippen LogP contribution in [0, 0.1) is 10.2 Å². The molecule has 0 aromatic heterocycles. The Balaban J connectivity index is 0.000000368. The van der Waals surface area contributed by atoms with Crippen molar-refractivity contribution in [2.45, 2.75) is 18.6 Å². The van der Waals surface area contributed by atoms with Crippen LogP contribution in [-0.4, -0.2) is 21.2 Å². The van der Waals surface area contributed by atoms with Gasteiger partial charge in [-0.2, -0.15) is 0 Å². The van der Waals surface area contributed by atoms with E-state index in [9.17, 15) is 0 Å². The smallest absolute Gasteiger partial charge is 0.244 e. The van der Waals surface area contributed by atoms with Crippen molar-refractivity contribution < 1.29 is 33.5 Å². The maximum absolute atomic E-state index is 8.49. The van der Waals surface area contributed by atoms with Crippen molar-refractivity contribution in [2.24, 2.45) is 0 Å². The number of rotatable bonds is 2. The first-order valence-corrected chi connectivity index (χ1v) is 10.3. The number of hydrogen-bond donors (Lipinski definition) is 1. The Hall–Kier alpha value is -1.00. The van der Waals surface area contributed by atoms with Crippen molar-refractivity contribution in [1.82, 2.24) is 5.32 Å². The molecule has 2 heterocycles. The van der Waals surface area contributed by atoms with Crippen LogP contribution >= 0.6 is 23.5 Å². The van der Waals surface area contributed by atoms with Crippen molar-refractivity contribution in [1.29, 1.82) is 0 Å². The summed E-state index contributed by atoms with van der Waals surface area (Å²) in [6, 6.07) is 10.6. The third-order valence-electron chi connectivity index (χ3n) is 3.24. The fraction of sp³-hybridized carbons (Fsp3) is 0.267. The second-order valence-corrected chi connectivity index (χ2v) is 8.11. The van der Waals surface area contributed by atoms with Gasteiger partial charge in [0.05, 0.1) is 0 Å². The summed E-state index contributed by atoms with van der Waals surface area (Å²) in [5.74, 6) is 1.23. The van der Waals surface area contributed by atoms with Crippen LogP contribution in [0.4, 0.5) is 0 Å². The predicted molar refractivity (Wildman–Crippen MR) is 86.1 cm³/mol. The van der Waals surface area contributed by atoms with Gasteiger partial charge in [0.15, 0.2) is 4.71 Å². The molecule has 1 atom stereocenters. The number of nitrogens with zero attached hydrogens (tertiary/aromatic N) is 1. The third kappa shape index (κ3) is 5.00. The highest BCUT2D eigenvalue weighted by molar-refractivity contribution is 8.21. The minimum absolute atomic E-state index is 0.419. The average Bonchev–Trinajstić information content (AvgIpc) is 2.85. The van der Waals surface area contributed by atoms with Crippen molar-refractivity contribution >= 4 is 34.1 Å². The molecule has 0 saturated heterocycles. The lowest BCUT2D eigenvalue weighted by Gasteiger charge is -2.17. The van der Waals surface area contributed by atoms with E-state index in [1.165, 1.54) is 27.7 Å². The molecule has 6 nitrogen and oxygen atoms in total. The van der Waals surface area contributed by atoms with E-state index in [0.717, 1.165) is 0 Å². The molecular weight excluding hydrogens is 372 g/mol. The van der Waals surface area contributed by atoms with Crippen LogP contribution in [-0.2, 0) is 0 Å². The first-order chi connectivity index (χ1) is 11.2. The highest BCUT2D eigenvalue weighted by atomic mass is 35.7. The monoisotopic (exact) mass is 388 g/mol. The molecule has 0 fully saturated rings. The second-order valence-electron chi connectivity index (χ2n) is 5.05. The first kappa shape index (κ1) is 19.3. The summed E-state index contributed by atoms with van der Waals surface area (Å²) < 4.78 is 36.8. The molecule has 0 saturated carbocycles. The Morgan fingerprint density at radius 3 is 2.25 bits per heavy atom. The maximum Gasteiger partial charge on any atom is 0.295 e. The highest BCUT2D eigenvalue weighted by Gasteiger charge is 2.39. The fourth-order valence-electron chi connectivity index (χ4n) is 2.44. The van der Waals surface area contributed by atoms with E-state index >= 15 is 0 Å². The summed E-state index contributed by atoms with van der Waals surface area (Å²) in [7, 11) is -4.94. The fourth-order valence-corrected chi connectivity index (χ4v) is 4.71. The van der Waals surface area contributed by atoms with E-state index in [-0.39, 0.29) is 0 Å². The summed E-state index contributed by atoms with van der Waals surface area (Å²) in [6.07, 6.45) is 4.38. The summed E-state index contributed by atoms with van der Waals surface area (Å²) >= 11 is 3.81. The van der Waals surface area contributed by atoms with Gasteiger partial charge in [0.1, 0.15) is 16.3 Å². The summed E-state index contributed by atoms with van der Waals surface area (Å²) in [5, 5.41) is 3.53. The molecule has 1 aromatic carbocycles. The minimum atomic E-state index is -4.94. The van der Waals surface area contributed by atoms with Gasteiger partial charge in [-0.05, 0) is 25.7 Å². The summed E-state index contributed by atoms with van der Waals surface area (Å²) in [4.78, 5) is 1.34. The van der Waals surface area contributed by atoms with Crippen LogP contribution in [0.3, 0.4) is 0 Å².